The molecule has 1 aromatic carbocycles. The number of hydrogen-bond acceptors (Lipinski definition) is 5. The number of hydrogen-bond donors (Lipinski definition) is 2. The summed E-state index contributed by atoms with van der Waals surface area (Å²) >= 11 is 0. The zero-order valence-electron chi connectivity index (χ0n) is 13.3. The van der Waals surface area contributed by atoms with E-state index >= 15 is 0 Å². The van der Waals surface area contributed by atoms with Gasteiger partial charge in [-0.05, 0) is 38.0 Å². The lowest BCUT2D eigenvalue weighted by atomic mass is 10.2. The Hall–Kier alpha value is -1.48. The third-order valence-electron chi connectivity index (χ3n) is 4.33. The minimum atomic E-state index is -3.43. The molecule has 1 aromatic heterocycles. The fourth-order valence-corrected chi connectivity index (χ4v) is 4.69. The molecule has 23 heavy (non-hydrogen) atoms. The average Bonchev–Trinajstić information content (AvgIpc) is 2.92. The van der Waals surface area contributed by atoms with Crippen molar-refractivity contribution in [3.05, 3.63) is 24.0 Å². The number of aromatic nitrogens is 2. The molecule has 0 atom stereocenters. The fourth-order valence-electron chi connectivity index (χ4n) is 3.15. The molecule has 0 aliphatic carbocycles. The van der Waals surface area contributed by atoms with Crippen molar-refractivity contribution in [1.82, 2.24) is 19.3 Å². The largest absolute Gasteiger partial charge is 0.327 e. The van der Waals surface area contributed by atoms with Gasteiger partial charge >= 0.3 is 0 Å². The summed E-state index contributed by atoms with van der Waals surface area (Å²) in [6.07, 6.45) is 2.96. The number of nitrogens with one attached hydrogen (secondary N) is 1. The summed E-state index contributed by atoms with van der Waals surface area (Å²) in [7, 11) is -3.43. The highest BCUT2D eigenvalue weighted by Crippen LogP contribution is 2.25. The predicted octanol–water partition coefficient (Wildman–Crippen LogP) is 1.19. The van der Waals surface area contributed by atoms with E-state index in [9.17, 15) is 8.42 Å². The van der Waals surface area contributed by atoms with E-state index in [0.29, 0.717) is 30.0 Å². The van der Waals surface area contributed by atoms with Gasteiger partial charge in [-0.15, -0.1) is 0 Å². The number of rotatable bonds is 5. The van der Waals surface area contributed by atoms with Crippen LogP contribution in [0, 0.1) is 0 Å². The van der Waals surface area contributed by atoms with Crippen molar-refractivity contribution in [3.63, 3.8) is 0 Å². The molecule has 7 nitrogen and oxygen atoms in total. The molecule has 0 unspecified atom stereocenters. The van der Waals surface area contributed by atoms with Crippen LogP contribution in [-0.2, 0) is 23.1 Å². The molecule has 0 spiro atoms. The van der Waals surface area contributed by atoms with E-state index in [1.165, 1.54) is 0 Å². The van der Waals surface area contributed by atoms with Crippen molar-refractivity contribution in [2.24, 2.45) is 5.84 Å². The first kappa shape index (κ1) is 16.4. The summed E-state index contributed by atoms with van der Waals surface area (Å²) < 4.78 is 29.2. The first-order valence-corrected chi connectivity index (χ1v) is 9.44. The Morgan fingerprint density at radius 2 is 2.00 bits per heavy atom. The van der Waals surface area contributed by atoms with Gasteiger partial charge in [0.1, 0.15) is 5.82 Å². The minimum Gasteiger partial charge on any atom is -0.327 e. The van der Waals surface area contributed by atoms with E-state index in [0.717, 1.165) is 37.1 Å². The van der Waals surface area contributed by atoms with Crippen LogP contribution in [0.2, 0.25) is 0 Å². The number of nitrogens with two attached hydrogens (primary N) is 1. The summed E-state index contributed by atoms with van der Waals surface area (Å²) in [6, 6.07) is 5.19. The van der Waals surface area contributed by atoms with Crippen LogP contribution in [0.1, 0.15) is 32.0 Å². The first-order chi connectivity index (χ1) is 11.1. The molecule has 3 N–H and O–H groups in total. The van der Waals surface area contributed by atoms with Gasteiger partial charge in [-0.2, -0.15) is 4.31 Å². The van der Waals surface area contributed by atoms with Crippen molar-refractivity contribution < 1.29 is 8.42 Å². The summed E-state index contributed by atoms with van der Waals surface area (Å²) in [5.74, 6) is 6.20. The van der Waals surface area contributed by atoms with Crippen LogP contribution in [0.15, 0.2) is 23.1 Å². The molecule has 2 heterocycles. The Balaban J connectivity index is 2.02. The molecule has 0 radical (unpaired) electrons. The van der Waals surface area contributed by atoms with Gasteiger partial charge in [0.05, 0.1) is 22.5 Å². The third-order valence-corrected chi connectivity index (χ3v) is 6.22. The second-order valence-corrected chi connectivity index (χ2v) is 7.71. The number of benzene rings is 1. The van der Waals surface area contributed by atoms with Gasteiger partial charge in [-0.1, -0.05) is 6.42 Å². The number of fused-ring (bicyclic) bond motifs is 1. The van der Waals surface area contributed by atoms with Crippen LogP contribution in [0.5, 0.6) is 0 Å². The van der Waals surface area contributed by atoms with E-state index in [-0.39, 0.29) is 0 Å². The van der Waals surface area contributed by atoms with Crippen LogP contribution in [0.25, 0.3) is 11.0 Å². The van der Waals surface area contributed by atoms with Gasteiger partial charge in [0, 0.05) is 19.6 Å². The molecular formula is C15H23N5O2S. The second kappa shape index (κ2) is 6.56. The zero-order chi connectivity index (χ0) is 16.4. The molecule has 3 rings (SSSR count). The topological polar surface area (TPSA) is 93.2 Å². The number of nitrogens with zero attached hydrogens (tertiary/aromatic N) is 3. The Kier molecular flexibility index (Phi) is 4.67. The summed E-state index contributed by atoms with van der Waals surface area (Å²) in [6.45, 7) is 4.43. The lowest BCUT2D eigenvalue weighted by Gasteiger charge is -2.25. The molecular weight excluding hydrogens is 314 g/mol. The summed E-state index contributed by atoms with van der Waals surface area (Å²) in [4.78, 5) is 4.85. The fraction of sp³-hybridized carbons (Fsp3) is 0.533. The molecule has 126 valence electrons. The molecule has 0 amide bonds. The van der Waals surface area contributed by atoms with Gasteiger partial charge in [0.15, 0.2) is 0 Å². The van der Waals surface area contributed by atoms with Crippen LogP contribution in [0.3, 0.4) is 0 Å². The van der Waals surface area contributed by atoms with Crippen LogP contribution in [0.4, 0.5) is 0 Å². The SMILES string of the molecule is CCn1c(CNN)nc2cc(S(=O)(=O)N3CCCCC3)ccc21. The number of hydrazine groups is 1. The van der Waals surface area contributed by atoms with Crippen LogP contribution < -0.4 is 11.3 Å². The highest BCUT2D eigenvalue weighted by molar-refractivity contribution is 7.89. The summed E-state index contributed by atoms with van der Waals surface area (Å²) in [5, 5.41) is 0. The van der Waals surface area contributed by atoms with E-state index in [1.807, 2.05) is 17.6 Å². The Bertz CT molecular complexity index is 794. The molecule has 2 aromatic rings. The van der Waals surface area contributed by atoms with Gasteiger partial charge in [0.25, 0.3) is 0 Å². The molecule has 1 aliphatic heterocycles. The highest BCUT2D eigenvalue weighted by atomic mass is 32.2. The van der Waals surface area contributed by atoms with Gasteiger partial charge in [-0.3, -0.25) is 11.3 Å². The van der Waals surface area contributed by atoms with E-state index in [2.05, 4.69) is 10.4 Å². The predicted molar refractivity (Wildman–Crippen MR) is 89.0 cm³/mol. The maximum Gasteiger partial charge on any atom is 0.243 e. The first-order valence-electron chi connectivity index (χ1n) is 8.00. The van der Waals surface area contributed by atoms with Crippen molar-refractivity contribution in [3.8, 4) is 0 Å². The van der Waals surface area contributed by atoms with Gasteiger partial charge in [-0.25, -0.2) is 13.4 Å². The van der Waals surface area contributed by atoms with E-state index in [4.69, 9.17) is 5.84 Å². The smallest absolute Gasteiger partial charge is 0.243 e. The lowest BCUT2D eigenvalue weighted by molar-refractivity contribution is 0.346. The Labute approximate surface area is 136 Å². The third kappa shape index (κ3) is 2.99. The summed E-state index contributed by atoms with van der Waals surface area (Å²) in [5.41, 5.74) is 4.22. The number of aryl methyl sites for hydroxylation is 1. The molecule has 1 aliphatic rings. The number of piperidine rings is 1. The van der Waals surface area contributed by atoms with Crippen molar-refractivity contribution in [2.75, 3.05) is 13.1 Å². The zero-order valence-corrected chi connectivity index (χ0v) is 14.1. The second-order valence-electron chi connectivity index (χ2n) is 5.77. The van der Waals surface area contributed by atoms with Crippen LogP contribution in [-0.4, -0.2) is 35.4 Å². The van der Waals surface area contributed by atoms with Crippen LogP contribution >= 0.6 is 0 Å². The Morgan fingerprint density at radius 3 is 2.65 bits per heavy atom. The molecule has 0 saturated carbocycles. The normalized spacial score (nSPS) is 17.0. The highest BCUT2D eigenvalue weighted by Gasteiger charge is 2.26. The number of imidazole rings is 1. The van der Waals surface area contributed by atoms with Gasteiger partial charge < -0.3 is 4.57 Å². The molecule has 0 bridgehead atoms. The lowest BCUT2D eigenvalue weighted by Crippen LogP contribution is -2.35. The van der Waals surface area contributed by atoms with Crippen molar-refractivity contribution in [2.45, 2.75) is 44.2 Å². The quantitative estimate of drug-likeness (QED) is 0.631. The average molecular weight is 337 g/mol. The maximum absolute atomic E-state index is 12.8. The van der Waals surface area contributed by atoms with E-state index < -0.39 is 10.0 Å². The van der Waals surface area contributed by atoms with Crippen molar-refractivity contribution >= 4 is 21.1 Å². The molecule has 8 heteroatoms. The minimum absolute atomic E-state index is 0.319. The van der Waals surface area contributed by atoms with E-state index in [1.54, 1.807) is 16.4 Å². The molecule has 1 fully saturated rings. The maximum atomic E-state index is 12.8. The Morgan fingerprint density at radius 1 is 1.26 bits per heavy atom. The molecule has 1 saturated heterocycles. The standard InChI is InChI=1S/C15H23N5O2S/c1-2-20-14-7-6-12(10-13(14)18-15(20)11-17-16)23(21,22)19-8-4-3-5-9-19/h6-7,10,17H,2-5,8-9,11,16H2,1H3. The monoisotopic (exact) mass is 337 g/mol. The van der Waals surface area contributed by atoms with Gasteiger partial charge in [0.2, 0.25) is 10.0 Å². The number of sulfonamides is 1. The van der Waals surface area contributed by atoms with Crippen molar-refractivity contribution in [1.29, 1.82) is 0 Å².